The average molecular weight is 240 g/mol. The lowest BCUT2D eigenvalue weighted by Crippen LogP contribution is -2.40. The minimum absolute atomic E-state index is 0.0717. The van der Waals surface area contributed by atoms with E-state index >= 15 is 0 Å². The van der Waals surface area contributed by atoms with E-state index in [4.69, 9.17) is 14.9 Å². The summed E-state index contributed by atoms with van der Waals surface area (Å²) in [7, 11) is 3.76. The van der Waals surface area contributed by atoms with Crippen LogP contribution >= 0.6 is 0 Å². The number of likely N-dealkylation sites (N-methyl/N-ethyl adjacent to an activating group) is 1. The monoisotopic (exact) mass is 240 g/mol. The fourth-order valence-corrected chi connectivity index (χ4v) is 1.97. The SMILES string of the molecule is CCC(N)C(c1ccc(C)o1)N(C)CCOC. The third-order valence-corrected chi connectivity index (χ3v) is 3.05. The Morgan fingerprint density at radius 1 is 1.47 bits per heavy atom. The van der Waals surface area contributed by atoms with Crippen molar-refractivity contribution in [2.75, 3.05) is 27.3 Å². The number of aryl methyl sites for hydroxylation is 1. The van der Waals surface area contributed by atoms with Gasteiger partial charge in [-0.15, -0.1) is 0 Å². The van der Waals surface area contributed by atoms with Crippen LogP contribution < -0.4 is 5.73 Å². The predicted molar refractivity (Wildman–Crippen MR) is 69.0 cm³/mol. The first-order chi connectivity index (χ1) is 8.10. The zero-order valence-corrected chi connectivity index (χ0v) is 11.3. The number of methoxy groups -OCH3 is 1. The molecule has 98 valence electrons. The topological polar surface area (TPSA) is 51.6 Å². The number of furan rings is 1. The summed E-state index contributed by atoms with van der Waals surface area (Å²) in [5, 5.41) is 0. The molecular weight excluding hydrogens is 216 g/mol. The van der Waals surface area contributed by atoms with Crippen LogP contribution in [0.15, 0.2) is 16.5 Å². The summed E-state index contributed by atoms with van der Waals surface area (Å²) in [6.07, 6.45) is 0.918. The molecule has 0 aliphatic rings. The van der Waals surface area contributed by atoms with Gasteiger partial charge in [-0.1, -0.05) is 6.92 Å². The summed E-state index contributed by atoms with van der Waals surface area (Å²) < 4.78 is 10.8. The molecule has 0 aliphatic carbocycles. The molecule has 1 rings (SSSR count). The molecule has 0 amide bonds. The predicted octanol–water partition coefficient (Wildman–Crippen LogP) is 1.94. The third-order valence-electron chi connectivity index (χ3n) is 3.05. The van der Waals surface area contributed by atoms with E-state index in [1.807, 2.05) is 19.1 Å². The van der Waals surface area contributed by atoms with E-state index in [1.165, 1.54) is 0 Å². The molecule has 2 N–H and O–H groups in total. The number of rotatable bonds is 7. The molecule has 0 bridgehead atoms. The van der Waals surface area contributed by atoms with Gasteiger partial charge in [0.2, 0.25) is 0 Å². The summed E-state index contributed by atoms with van der Waals surface area (Å²) >= 11 is 0. The van der Waals surface area contributed by atoms with Crippen molar-refractivity contribution in [1.29, 1.82) is 0 Å². The Hall–Kier alpha value is -0.840. The van der Waals surface area contributed by atoms with Crippen LogP contribution in [0.5, 0.6) is 0 Å². The van der Waals surface area contributed by atoms with Gasteiger partial charge in [-0.05, 0) is 32.5 Å². The summed E-state index contributed by atoms with van der Waals surface area (Å²) in [5.41, 5.74) is 6.19. The molecule has 4 nitrogen and oxygen atoms in total. The second-order valence-electron chi connectivity index (χ2n) is 4.44. The van der Waals surface area contributed by atoms with Crippen LogP contribution in [0, 0.1) is 6.92 Å². The van der Waals surface area contributed by atoms with Gasteiger partial charge in [0.25, 0.3) is 0 Å². The number of hydrogen-bond donors (Lipinski definition) is 1. The zero-order chi connectivity index (χ0) is 12.8. The fourth-order valence-electron chi connectivity index (χ4n) is 1.97. The van der Waals surface area contributed by atoms with Gasteiger partial charge in [-0.3, -0.25) is 4.90 Å². The van der Waals surface area contributed by atoms with Gasteiger partial charge in [0.05, 0.1) is 12.6 Å². The van der Waals surface area contributed by atoms with Crippen LogP contribution in [0.3, 0.4) is 0 Å². The van der Waals surface area contributed by atoms with E-state index in [0.717, 1.165) is 24.5 Å². The highest BCUT2D eigenvalue weighted by Crippen LogP contribution is 2.25. The number of hydrogen-bond acceptors (Lipinski definition) is 4. The van der Waals surface area contributed by atoms with Crippen LogP contribution in [0.2, 0.25) is 0 Å². The quantitative estimate of drug-likeness (QED) is 0.791. The van der Waals surface area contributed by atoms with Crippen molar-refractivity contribution in [1.82, 2.24) is 4.90 Å². The molecule has 0 saturated carbocycles. The van der Waals surface area contributed by atoms with Crippen LogP contribution in [-0.2, 0) is 4.74 Å². The fraction of sp³-hybridized carbons (Fsp3) is 0.692. The molecular formula is C13H24N2O2. The highest BCUT2D eigenvalue weighted by Gasteiger charge is 2.25. The van der Waals surface area contributed by atoms with Gasteiger partial charge in [-0.25, -0.2) is 0 Å². The van der Waals surface area contributed by atoms with Crippen molar-refractivity contribution in [3.63, 3.8) is 0 Å². The van der Waals surface area contributed by atoms with E-state index in [0.29, 0.717) is 6.61 Å². The Bertz CT molecular complexity index is 325. The maximum absolute atomic E-state index is 6.19. The Balaban J connectivity index is 2.80. The van der Waals surface area contributed by atoms with Gasteiger partial charge in [-0.2, -0.15) is 0 Å². The van der Waals surface area contributed by atoms with Crippen LogP contribution in [-0.4, -0.2) is 38.3 Å². The Labute approximate surface area is 104 Å². The molecule has 0 aromatic carbocycles. The van der Waals surface area contributed by atoms with Crippen molar-refractivity contribution >= 4 is 0 Å². The van der Waals surface area contributed by atoms with Gasteiger partial charge in [0.1, 0.15) is 11.5 Å². The van der Waals surface area contributed by atoms with E-state index in [2.05, 4.69) is 18.9 Å². The van der Waals surface area contributed by atoms with E-state index in [9.17, 15) is 0 Å². The molecule has 2 atom stereocenters. The highest BCUT2D eigenvalue weighted by atomic mass is 16.5. The van der Waals surface area contributed by atoms with E-state index in [-0.39, 0.29) is 12.1 Å². The molecule has 4 heteroatoms. The lowest BCUT2D eigenvalue weighted by molar-refractivity contribution is 0.118. The first-order valence-electron chi connectivity index (χ1n) is 6.11. The van der Waals surface area contributed by atoms with Gasteiger partial charge in [0.15, 0.2) is 0 Å². The lowest BCUT2D eigenvalue weighted by atomic mass is 10.0. The Morgan fingerprint density at radius 3 is 2.65 bits per heavy atom. The molecule has 0 aliphatic heterocycles. The third kappa shape index (κ3) is 3.84. The molecule has 0 radical (unpaired) electrons. The summed E-state index contributed by atoms with van der Waals surface area (Å²) in [5.74, 6) is 1.86. The molecule has 0 fully saturated rings. The second kappa shape index (κ2) is 6.79. The summed E-state index contributed by atoms with van der Waals surface area (Å²) in [4.78, 5) is 2.19. The van der Waals surface area contributed by atoms with Crippen LogP contribution in [0.25, 0.3) is 0 Å². The number of nitrogens with two attached hydrogens (primary N) is 1. The van der Waals surface area contributed by atoms with Gasteiger partial charge in [0, 0.05) is 19.7 Å². The molecule has 0 spiro atoms. The molecule has 1 heterocycles. The van der Waals surface area contributed by atoms with Crippen molar-refractivity contribution < 1.29 is 9.15 Å². The minimum Gasteiger partial charge on any atom is -0.465 e. The van der Waals surface area contributed by atoms with Crippen LogP contribution in [0.4, 0.5) is 0 Å². The van der Waals surface area contributed by atoms with Crippen molar-refractivity contribution in [3.05, 3.63) is 23.7 Å². The van der Waals surface area contributed by atoms with E-state index < -0.39 is 0 Å². The van der Waals surface area contributed by atoms with Crippen LogP contribution in [0.1, 0.15) is 30.9 Å². The molecule has 0 saturated heterocycles. The normalized spacial score (nSPS) is 15.2. The summed E-state index contributed by atoms with van der Waals surface area (Å²) in [6.45, 7) is 5.59. The van der Waals surface area contributed by atoms with Gasteiger partial charge >= 0.3 is 0 Å². The van der Waals surface area contributed by atoms with Crippen molar-refractivity contribution in [2.45, 2.75) is 32.4 Å². The standard InChI is InChI=1S/C13H24N2O2/c1-5-11(14)13(15(3)8-9-16-4)12-7-6-10(2)17-12/h6-7,11,13H,5,8-9,14H2,1-4H3. The average Bonchev–Trinajstić information content (AvgIpc) is 2.73. The molecule has 2 unspecified atom stereocenters. The molecule has 1 aromatic heterocycles. The lowest BCUT2D eigenvalue weighted by Gasteiger charge is -2.30. The minimum atomic E-state index is 0.0717. The summed E-state index contributed by atoms with van der Waals surface area (Å²) in [6, 6.07) is 4.18. The second-order valence-corrected chi connectivity index (χ2v) is 4.44. The maximum atomic E-state index is 6.19. The smallest absolute Gasteiger partial charge is 0.122 e. The highest BCUT2D eigenvalue weighted by molar-refractivity contribution is 5.12. The number of nitrogens with zero attached hydrogens (tertiary/aromatic N) is 1. The van der Waals surface area contributed by atoms with E-state index in [1.54, 1.807) is 7.11 Å². The Kier molecular flexibility index (Phi) is 5.68. The zero-order valence-electron chi connectivity index (χ0n) is 11.3. The van der Waals surface area contributed by atoms with Crippen molar-refractivity contribution in [2.24, 2.45) is 5.73 Å². The first kappa shape index (κ1) is 14.2. The van der Waals surface area contributed by atoms with Gasteiger partial charge < -0.3 is 14.9 Å². The number of ether oxygens (including phenoxy) is 1. The first-order valence-corrected chi connectivity index (χ1v) is 6.11. The largest absolute Gasteiger partial charge is 0.465 e. The molecule has 17 heavy (non-hydrogen) atoms. The maximum Gasteiger partial charge on any atom is 0.122 e. The Morgan fingerprint density at radius 2 is 2.18 bits per heavy atom. The van der Waals surface area contributed by atoms with Crippen molar-refractivity contribution in [3.8, 4) is 0 Å². The molecule has 1 aromatic rings.